The molecule has 1 fully saturated rings. The number of aryl methyl sites for hydroxylation is 1. The van der Waals surface area contributed by atoms with E-state index in [1.54, 1.807) is 16.8 Å². The molecule has 2 aromatic carbocycles. The molecular formula is C46H56Cl2F2N6O7S. The lowest BCUT2D eigenvalue weighted by Gasteiger charge is -2.35. The molecule has 1 aliphatic heterocycles. The van der Waals surface area contributed by atoms with Crippen molar-refractivity contribution >= 4 is 63.9 Å². The van der Waals surface area contributed by atoms with Crippen molar-refractivity contribution in [3.8, 4) is 21.9 Å². The van der Waals surface area contributed by atoms with Gasteiger partial charge in [-0.1, -0.05) is 107 Å². The van der Waals surface area contributed by atoms with Gasteiger partial charge >= 0.3 is 6.61 Å². The van der Waals surface area contributed by atoms with Gasteiger partial charge in [0.15, 0.2) is 11.5 Å². The van der Waals surface area contributed by atoms with E-state index in [4.69, 9.17) is 27.9 Å². The van der Waals surface area contributed by atoms with E-state index in [0.717, 1.165) is 60.2 Å². The molecule has 346 valence electrons. The van der Waals surface area contributed by atoms with Crippen LogP contribution in [0.1, 0.15) is 107 Å². The van der Waals surface area contributed by atoms with E-state index in [1.807, 2.05) is 52.0 Å². The summed E-state index contributed by atoms with van der Waals surface area (Å²) >= 11 is 13.8. The van der Waals surface area contributed by atoms with E-state index < -0.39 is 42.0 Å². The summed E-state index contributed by atoms with van der Waals surface area (Å²) in [5, 5.41) is 19.3. The molecule has 0 aliphatic carbocycles. The number of pyridine rings is 1. The molecule has 0 radical (unpaired) electrons. The number of anilines is 1. The zero-order valence-corrected chi connectivity index (χ0v) is 38.8. The minimum Gasteiger partial charge on any atom is -0.490 e. The number of β-amino-alcohol motifs (C(OH)–C–C–N with tert-alkyl or cyclic N) is 1. The highest BCUT2D eigenvalue weighted by atomic mass is 35.5. The molecule has 2 aromatic heterocycles. The number of hydrogen-bond acceptors (Lipinski definition) is 10. The quantitative estimate of drug-likeness (QED) is 0.0561. The highest BCUT2D eigenvalue weighted by Gasteiger charge is 2.44. The van der Waals surface area contributed by atoms with E-state index in [2.05, 4.69) is 30.7 Å². The lowest BCUT2D eigenvalue weighted by atomic mass is 9.85. The molecule has 64 heavy (non-hydrogen) atoms. The molecule has 18 heteroatoms. The van der Waals surface area contributed by atoms with Gasteiger partial charge < -0.3 is 35.4 Å². The summed E-state index contributed by atoms with van der Waals surface area (Å²) in [6.45, 7) is 4.94. The van der Waals surface area contributed by atoms with E-state index >= 15 is 0 Å². The van der Waals surface area contributed by atoms with Gasteiger partial charge in [-0.05, 0) is 54.5 Å². The molecule has 13 nitrogen and oxygen atoms in total. The smallest absolute Gasteiger partial charge is 0.387 e. The normalized spacial score (nSPS) is 15.5. The molecule has 0 bridgehead atoms. The molecule has 2 unspecified atom stereocenters. The maximum atomic E-state index is 14.0. The zero-order chi connectivity index (χ0) is 46.4. The summed E-state index contributed by atoms with van der Waals surface area (Å²) in [5.41, 5.74) is 4.34. The Hall–Kier alpha value is -4.90. The number of unbranched alkanes of at least 4 members (excludes halogenated alkanes) is 7. The molecule has 4 amide bonds. The fraction of sp³-hybridized carbons (Fsp3) is 0.478. The summed E-state index contributed by atoms with van der Waals surface area (Å²) < 4.78 is 36.5. The minimum atomic E-state index is -3.08. The second kappa shape index (κ2) is 23.9. The number of ether oxygens (including phenoxy) is 2. The Morgan fingerprint density at radius 3 is 2.22 bits per heavy atom. The number of carbonyl (C=O) groups is 4. The number of aromatic nitrogens is 2. The number of aliphatic hydroxyl groups excluding tert-OH is 1. The first-order chi connectivity index (χ1) is 30.5. The van der Waals surface area contributed by atoms with Crippen LogP contribution in [0.3, 0.4) is 0 Å². The second-order valence-electron chi connectivity index (χ2n) is 16.8. The third-order valence-electron chi connectivity index (χ3n) is 10.8. The molecule has 0 spiro atoms. The van der Waals surface area contributed by atoms with E-state index in [-0.39, 0.29) is 77.1 Å². The number of halogens is 4. The lowest BCUT2D eigenvalue weighted by Crippen LogP contribution is -2.57. The van der Waals surface area contributed by atoms with Crippen molar-refractivity contribution in [2.45, 2.75) is 123 Å². The maximum absolute atomic E-state index is 14.0. The average Bonchev–Trinajstić information content (AvgIpc) is 3.87. The summed E-state index contributed by atoms with van der Waals surface area (Å²) in [5.74, 6) is -1.79. The summed E-state index contributed by atoms with van der Waals surface area (Å²) in [6.07, 6.45) is 8.84. The topological polar surface area (TPSA) is 172 Å². The van der Waals surface area contributed by atoms with Crippen LogP contribution < -0.4 is 25.4 Å². The summed E-state index contributed by atoms with van der Waals surface area (Å²) in [4.78, 5) is 64.1. The van der Waals surface area contributed by atoms with Crippen LogP contribution in [0.15, 0.2) is 60.4 Å². The highest BCUT2D eigenvalue weighted by Crippen LogP contribution is 2.33. The number of nitrogens with zero attached hydrogens (tertiary/aromatic N) is 3. The van der Waals surface area contributed by atoms with Crippen molar-refractivity contribution in [1.29, 1.82) is 0 Å². The van der Waals surface area contributed by atoms with Crippen LogP contribution in [0.4, 0.5) is 14.5 Å². The monoisotopic (exact) mass is 944 g/mol. The maximum Gasteiger partial charge on any atom is 0.387 e. The van der Waals surface area contributed by atoms with Gasteiger partial charge in [-0.3, -0.25) is 24.2 Å². The molecular weight excluding hydrogens is 890 g/mol. The third kappa shape index (κ3) is 14.6. The van der Waals surface area contributed by atoms with Crippen molar-refractivity contribution in [2.24, 2.45) is 5.41 Å². The van der Waals surface area contributed by atoms with Crippen molar-refractivity contribution < 1.29 is 42.5 Å². The number of benzene rings is 2. The molecule has 3 heterocycles. The Morgan fingerprint density at radius 2 is 1.59 bits per heavy atom. The van der Waals surface area contributed by atoms with Gasteiger partial charge in [0, 0.05) is 43.9 Å². The number of aliphatic hydroxyl groups is 1. The number of thiazole rings is 1. The van der Waals surface area contributed by atoms with Crippen LogP contribution in [0.25, 0.3) is 10.4 Å². The first-order valence-electron chi connectivity index (χ1n) is 21.4. The fourth-order valence-electron chi connectivity index (χ4n) is 7.32. The van der Waals surface area contributed by atoms with Crippen molar-refractivity contribution in [1.82, 2.24) is 25.5 Å². The SMILES string of the molecule is Cc1ncsc1-c1ccc(CNC(=O)C2CC(O)CN2C(=O)[C@@H](NC(=O)CCCCCCCCCCOc2cc(C(=O)Nc3c(Cl)cncc3Cl)ccc2OC(F)F)C(C)(C)C)cc1. The first-order valence-corrected chi connectivity index (χ1v) is 23.0. The number of amides is 4. The van der Waals surface area contributed by atoms with Crippen molar-refractivity contribution in [3.63, 3.8) is 0 Å². The molecule has 0 saturated carbocycles. The van der Waals surface area contributed by atoms with Gasteiger partial charge in [-0.2, -0.15) is 8.78 Å². The number of rotatable bonds is 22. The molecule has 1 aliphatic rings. The van der Waals surface area contributed by atoms with E-state index in [9.17, 15) is 33.1 Å². The van der Waals surface area contributed by atoms with Gasteiger partial charge in [0.05, 0.1) is 44.5 Å². The largest absolute Gasteiger partial charge is 0.490 e. The predicted octanol–water partition coefficient (Wildman–Crippen LogP) is 9.37. The molecule has 3 atom stereocenters. The van der Waals surface area contributed by atoms with E-state index in [1.165, 1.54) is 35.5 Å². The minimum absolute atomic E-state index is 0.000593. The fourth-order valence-corrected chi connectivity index (χ4v) is 8.59. The number of carbonyl (C=O) groups excluding carboxylic acids is 4. The predicted molar refractivity (Wildman–Crippen MR) is 244 cm³/mol. The van der Waals surface area contributed by atoms with Gasteiger partial charge in [0.1, 0.15) is 12.1 Å². The van der Waals surface area contributed by atoms with E-state index in [0.29, 0.717) is 12.8 Å². The second-order valence-corrected chi connectivity index (χ2v) is 18.5. The van der Waals surface area contributed by atoms with Crippen LogP contribution in [0.5, 0.6) is 11.5 Å². The zero-order valence-electron chi connectivity index (χ0n) is 36.4. The van der Waals surface area contributed by atoms with Crippen LogP contribution in [0.2, 0.25) is 10.0 Å². The number of hydrogen-bond donors (Lipinski definition) is 4. The standard InChI is InChI=1S/C46H56Cl2F2N6O7S/c1-28-40(64-27-53-28)30-16-14-29(15-17-30)23-52-43(60)35-22-32(57)26-56(35)44(61)41(46(2,3)4)54-38(58)13-11-9-7-5-6-8-10-12-20-62-37-21-31(18-19-36(37)63-45(49)50)42(59)55-39-33(47)24-51-25-34(39)48/h14-19,21,24-25,27,32,35,41,45,57H,5-13,20,22-23,26H2,1-4H3,(H,52,60)(H,54,58)(H,51,55,59)/t32?,35?,41-/m1/s1. The number of nitrogens with one attached hydrogen (secondary N) is 3. The van der Waals surface area contributed by atoms with Crippen LogP contribution in [-0.2, 0) is 20.9 Å². The molecule has 1 saturated heterocycles. The number of alkyl halides is 2. The average molecular weight is 946 g/mol. The Bertz CT molecular complexity index is 2190. The van der Waals surface area contributed by atoms with Crippen LogP contribution in [0, 0.1) is 12.3 Å². The summed E-state index contributed by atoms with van der Waals surface area (Å²) in [6, 6.07) is 9.99. The summed E-state index contributed by atoms with van der Waals surface area (Å²) in [7, 11) is 0. The lowest BCUT2D eigenvalue weighted by molar-refractivity contribution is -0.144. The van der Waals surface area contributed by atoms with Gasteiger partial charge in [-0.25, -0.2) is 4.98 Å². The van der Waals surface area contributed by atoms with Gasteiger partial charge in [0.2, 0.25) is 17.7 Å². The Kier molecular flexibility index (Phi) is 18.7. The Labute approximate surface area is 386 Å². The van der Waals surface area contributed by atoms with Crippen molar-refractivity contribution in [2.75, 3.05) is 18.5 Å². The number of likely N-dealkylation sites (tertiary alicyclic amines) is 1. The van der Waals surface area contributed by atoms with Crippen LogP contribution >= 0.6 is 34.5 Å². The highest BCUT2D eigenvalue weighted by molar-refractivity contribution is 7.13. The first kappa shape index (κ1) is 50.1. The van der Waals surface area contributed by atoms with Crippen LogP contribution in [-0.4, -0.2) is 81.6 Å². The van der Waals surface area contributed by atoms with Gasteiger partial charge in [0.25, 0.3) is 5.91 Å². The Morgan fingerprint density at radius 1 is 0.938 bits per heavy atom. The molecule has 5 rings (SSSR count). The molecule has 4 N–H and O–H groups in total. The van der Waals surface area contributed by atoms with Crippen molar-refractivity contribution in [3.05, 3.63) is 87.2 Å². The third-order valence-corrected chi connectivity index (χ3v) is 12.3. The van der Waals surface area contributed by atoms with Gasteiger partial charge in [-0.15, -0.1) is 11.3 Å². The Balaban J connectivity index is 0.992. The molecule has 4 aromatic rings.